The van der Waals surface area contributed by atoms with Crippen molar-refractivity contribution in [2.45, 2.75) is 12.3 Å². The number of nitrogens with zero attached hydrogens (tertiary/aromatic N) is 2. The third kappa shape index (κ3) is 5.35. The Kier molecular flexibility index (Phi) is 6.09. The minimum absolute atomic E-state index is 0.0980. The second-order valence-electron chi connectivity index (χ2n) is 7.44. The molecule has 4 aromatic rings. The number of sulfonamides is 1. The van der Waals surface area contributed by atoms with Gasteiger partial charge in [-0.15, -0.1) is 0 Å². The maximum absolute atomic E-state index is 11.7. The number of rotatable bonds is 7. The monoisotopic (exact) mass is 429 g/mol. The van der Waals surface area contributed by atoms with Crippen molar-refractivity contribution in [1.82, 2.24) is 9.97 Å². The van der Waals surface area contributed by atoms with Crippen molar-refractivity contribution in [3.8, 4) is 11.1 Å². The first-order chi connectivity index (χ1) is 15.0. The van der Waals surface area contributed by atoms with Crippen LogP contribution in [-0.2, 0) is 16.4 Å². The molecule has 2 aromatic heterocycles. The molecule has 1 N–H and O–H groups in total. The lowest BCUT2D eigenvalue weighted by molar-refractivity contribution is 0.607. The number of pyridine rings is 2. The van der Waals surface area contributed by atoms with Crippen LogP contribution in [0, 0.1) is 0 Å². The summed E-state index contributed by atoms with van der Waals surface area (Å²) >= 11 is 0. The van der Waals surface area contributed by atoms with Crippen molar-refractivity contribution < 1.29 is 8.42 Å². The largest absolute Gasteiger partial charge is 0.284 e. The fraction of sp³-hybridized carbons (Fsp3) is 0.120. The summed E-state index contributed by atoms with van der Waals surface area (Å²) in [7, 11) is -3.34. The number of benzene rings is 2. The Labute approximate surface area is 182 Å². The van der Waals surface area contributed by atoms with Gasteiger partial charge in [0, 0.05) is 36.4 Å². The molecule has 5 nitrogen and oxygen atoms in total. The van der Waals surface area contributed by atoms with Crippen molar-refractivity contribution >= 4 is 15.7 Å². The Morgan fingerprint density at radius 1 is 0.839 bits per heavy atom. The van der Waals surface area contributed by atoms with Gasteiger partial charge < -0.3 is 0 Å². The van der Waals surface area contributed by atoms with E-state index < -0.39 is 10.0 Å². The average molecular weight is 430 g/mol. The molecule has 0 saturated carbocycles. The molecule has 0 bridgehead atoms. The molecule has 0 aliphatic rings. The van der Waals surface area contributed by atoms with Crippen LogP contribution in [0.5, 0.6) is 0 Å². The maximum Gasteiger partial charge on any atom is 0.229 e. The summed E-state index contributed by atoms with van der Waals surface area (Å²) in [5.74, 6) is 0.0980. The predicted octanol–water partition coefficient (Wildman–Crippen LogP) is 4.89. The third-order valence-corrected chi connectivity index (χ3v) is 5.70. The van der Waals surface area contributed by atoms with Gasteiger partial charge in [-0.2, -0.15) is 0 Å². The second-order valence-corrected chi connectivity index (χ2v) is 9.19. The molecular formula is C25H23N3O2S. The lowest BCUT2D eigenvalue weighted by Gasteiger charge is -2.20. The van der Waals surface area contributed by atoms with Gasteiger partial charge in [-0.1, -0.05) is 48.5 Å². The van der Waals surface area contributed by atoms with Gasteiger partial charge in [0.2, 0.25) is 10.0 Å². The molecule has 0 amide bonds. The van der Waals surface area contributed by atoms with Gasteiger partial charge in [-0.05, 0) is 58.5 Å². The number of nitrogens with one attached hydrogen (secondary N) is 1. The molecule has 0 aliphatic carbocycles. The first-order valence-electron chi connectivity index (χ1n) is 9.95. The zero-order valence-corrected chi connectivity index (χ0v) is 18.0. The van der Waals surface area contributed by atoms with Gasteiger partial charge in [0.1, 0.15) is 0 Å². The van der Waals surface area contributed by atoms with E-state index in [1.807, 2.05) is 54.9 Å². The predicted molar refractivity (Wildman–Crippen MR) is 124 cm³/mol. The highest BCUT2D eigenvalue weighted by atomic mass is 32.2. The fourth-order valence-corrected chi connectivity index (χ4v) is 4.31. The highest BCUT2D eigenvalue weighted by Crippen LogP contribution is 2.33. The normalized spacial score (nSPS) is 11.4. The quantitative estimate of drug-likeness (QED) is 0.454. The summed E-state index contributed by atoms with van der Waals surface area (Å²) in [5, 5.41) is 0. The first kappa shape index (κ1) is 20.8. The lowest BCUT2D eigenvalue weighted by atomic mass is 9.85. The van der Waals surface area contributed by atoms with E-state index in [1.54, 1.807) is 18.5 Å². The van der Waals surface area contributed by atoms with Crippen LogP contribution in [0.25, 0.3) is 11.1 Å². The van der Waals surface area contributed by atoms with Crippen molar-refractivity contribution in [3.05, 3.63) is 114 Å². The third-order valence-electron chi connectivity index (χ3n) is 5.09. The van der Waals surface area contributed by atoms with E-state index >= 15 is 0 Å². The Morgan fingerprint density at radius 2 is 1.52 bits per heavy atom. The van der Waals surface area contributed by atoms with E-state index in [1.165, 1.54) is 0 Å². The fourth-order valence-electron chi connectivity index (χ4n) is 3.76. The van der Waals surface area contributed by atoms with E-state index in [0.717, 1.165) is 40.5 Å². The van der Waals surface area contributed by atoms with Gasteiger partial charge in [0.15, 0.2) is 0 Å². The minimum atomic E-state index is -3.34. The molecule has 6 heteroatoms. The van der Waals surface area contributed by atoms with Gasteiger partial charge >= 0.3 is 0 Å². The molecule has 0 radical (unpaired) electrons. The molecular weight excluding hydrogens is 406 g/mol. The van der Waals surface area contributed by atoms with E-state index in [2.05, 4.69) is 39.0 Å². The SMILES string of the molecule is CS(=O)(=O)Nc1cccc(-c2ccccc2CC(c2cccnc2)c2cccnc2)c1. The molecule has 0 unspecified atom stereocenters. The lowest BCUT2D eigenvalue weighted by Crippen LogP contribution is -2.09. The summed E-state index contributed by atoms with van der Waals surface area (Å²) in [6.07, 6.45) is 9.27. The molecule has 2 heterocycles. The van der Waals surface area contributed by atoms with Crippen molar-refractivity contribution in [3.63, 3.8) is 0 Å². The summed E-state index contributed by atoms with van der Waals surface area (Å²) < 4.78 is 25.9. The molecule has 0 aliphatic heterocycles. The Hall–Kier alpha value is -3.51. The van der Waals surface area contributed by atoms with Crippen molar-refractivity contribution in [2.75, 3.05) is 11.0 Å². The zero-order valence-electron chi connectivity index (χ0n) is 17.1. The molecule has 0 saturated heterocycles. The standard InChI is InChI=1S/C25H23N3O2S/c1-31(29,30)28-23-11-4-8-19(15-23)24-12-3-2-7-20(24)16-25(21-9-5-13-26-17-21)22-10-6-14-27-18-22/h2-15,17-18,25,28H,16H2,1H3. The molecule has 0 fully saturated rings. The summed E-state index contributed by atoms with van der Waals surface area (Å²) in [5.41, 5.74) is 5.98. The van der Waals surface area contributed by atoms with E-state index in [9.17, 15) is 8.42 Å². The van der Waals surface area contributed by atoms with Gasteiger partial charge in [0.05, 0.1) is 6.26 Å². The smallest absolute Gasteiger partial charge is 0.229 e. The topological polar surface area (TPSA) is 72.0 Å². The van der Waals surface area contributed by atoms with Crippen LogP contribution in [0.2, 0.25) is 0 Å². The maximum atomic E-state index is 11.7. The van der Waals surface area contributed by atoms with Gasteiger partial charge in [-0.3, -0.25) is 14.7 Å². The van der Waals surface area contributed by atoms with Crippen LogP contribution in [0.4, 0.5) is 5.69 Å². The molecule has 156 valence electrons. The molecule has 4 rings (SSSR count). The van der Waals surface area contributed by atoms with Crippen LogP contribution in [0.15, 0.2) is 97.6 Å². The summed E-state index contributed by atoms with van der Waals surface area (Å²) in [6.45, 7) is 0. The van der Waals surface area contributed by atoms with Crippen LogP contribution < -0.4 is 4.72 Å². The summed E-state index contributed by atoms with van der Waals surface area (Å²) in [6, 6.07) is 23.8. The van der Waals surface area contributed by atoms with Crippen molar-refractivity contribution in [1.29, 1.82) is 0 Å². The minimum Gasteiger partial charge on any atom is -0.284 e. The van der Waals surface area contributed by atoms with Crippen LogP contribution in [-0.4, -0.2) is 24.6 Å². The van der Waals surface area contributed by atoms with Gasteiger partial charge in [0.25, 0.3) is 0 Å². The number of anilines is 1. The Bertz CT molecular complexity index is 1220. The van der Waals surface area contributed by atoms with Gasteiger partial charge in [-0.25, -0.2) is 8.42 Å². The van der Waals surface area contributed by atoms with Crippen LogP contribution in [0.1, 0.15) is 22.6 Å². The highest BCUT2D eigenvalue weighted by Gasteiger charge is 2.18. The number of hydrogen-bond acceptors (Lipinski definition) is 4. The van der Waals surface area contributed by atoms with Crippen LogP contribution >= 0.6 is 0 Å². The zero-order chi connectivity index (χ0) is 21.7. The van der Waals surface area contributed by atoms with E-state index in [4.69, 9.17) is 0 Å². The molecule has 2 aromatic carbocycles. The number of hydrogen-bond donors (Lipinski definition) is 1. The molecule has 31 heavy (non-hydrogen) atoms. The summed E-state index contributed by atoms with van der Waals surface area (Å²) in [4.78, 5) is 8.63. The average Bonchev–Trinajstić information content (AvgIpc) is 2.78. The first-order valence-corrected chi connectivity index (χ1v) is 11.8. The second kappa shape index (κ2) is 9.10. The van der Waals surface area contributed by atoms with E-state index in [0.29, 0.717) is 5.69 Å². The number of aromatic nitrogens is 2. The molecule has 0 atom stereocenters. The highest BCUT2D eigenvalue weighted by molar-refractivity contribution is 7.92. The Morgan fingerprint density at radius 3 is 2.13 bits per heavy atom. The molecule has 0 spiro atoms. The van der Waals surface area contributed by atoms with E-state index in [-0.39, 0.29) is 5.92 Å². The Balaban J connectivity index is 1.74. The van der Waals surface area contributed by atoms with Crippen LogP contribution in [0.3, 0.4) is 0 Å². The van der Waals surface area contributed by atoms with Crippen molar-refractivity contribution in [2.24, 2.45) is 0 Å².